The molecule has 0 radical (unpaired) electrons. The van der Waals surface area contributed by atoms with Crippen LogP contribution in [0.3, 0.4) is 0 Å². The molecule has 0 N–H and O–H groups in total. The summed E-state index contributed by atoms with van der Waals surface area (Å²) in [6.45, 7) is 0. The molecule has 17 rings (SSSR count). The van der Waals surface area contributed by atoms with Gasteiger partial charge in [-0.3, -0.25) is 0 Å². The van der Waals surface area contributed by atoms with Crippen LogP contribution in [0.1, 0.15) is 49.3 Å². The molecule has 0 saturated carbocycles. The topological polar surface area (TPSA) is 66.6 Å². The Morgan fingerprint density at radius 2 is 0.880 bits per heavy atom. The molecule has 0 aliphatic rings. The molecule has 0 fully saturated rings. The summed E-state index contributed by atoms with van der Waals surface area (Å²) in [5, 5.41) is -3.02. The molecule has 0 spiro atoms. The molecule has 5 aromatic heterocycles. The number of fused-ring (bicyclic) bond motifs is 12. The van der Waals surface area contributed by atoms with Gasteiger partial charge in [0.05, 0.1) is 30.2 Å². The molecule has 1 unspecified atom stereocenters. The molecule has 388 valence electrons. The molecule has 0 amide bonds. The van der Waals surface area contributed by atoms with Crippen molar-refractivity contribution in [2.24, 2.45) is 0 Å². The summed E-state index contributed by atoms with van der Waals surface area (Å²) in [5.74, 6) is -3.39. The fraction of sp³-hybridized carbons (Fsp3) is 0. The third-order valence-electron chi connectivity index (χ3n) is 14.5. The summed E-state index contributed by atoms with van der Waals surface area (Å²) in [7, 11) is 0. The van der Waals surface area contributed by atoms with Crippen molar-refractivity contribution >= 4 is 118 Å². The van der Waals surface area contributed by atoms with Gasteiger partial charge in [0.25, 0.3) is 0 Å². The maximum absolute atomic E-state index is 11.1. The molecule has 0 bridgehead atoms. The van der Waals surface area contributed by atoms with Gasteiger partial charge in [-0.05, 0) is 12.1 Å². The van der Waals surface area contributed by atoms with Crippen molar-refractivity contribution < 1.29 is 53.8 Å². The van der Waals surface area contributed by atoms with Crippen molar-refractivity contribution in [2.45, 2.75) is 0 Å². The molecule has 8 heteroatoms. The monoisotopic (exact) mass is 1160 g/mol. The summed E-state index contributed by atoms with van der Waals surface area (Å²) in [6, 6.07) is -16.7. The van der Waals surface area contributed by atoms with Gasteiger partial charge in [0.1, 0.15) is 0 Å². The van der Waals surface area contributed by atoms with Gasteiger partial charge in [0.2, 0.25) is 0 Å². The van der Waals surface area contributed by atoms with Crippen LogP contribution in [0.25, 0.3) is 127 Å². The van der Waals surface area contributed by atoms with Crippen molar-refractivity contribution in [2.75, 3.05) is 0 Å². The number of para-hydroxylation sites is 7. The van der Waals surface area contributed by atoms with Crippen LogP contribution in [-0.2, 0) is 0 Å². The number of benzene rings is 12. The predicted octanol–water partition coefficient (Wildman–Crippen LogP) is 15.8. The van der Waals surface area contributed by atoms with Gasteiger partial charge in [0, 0.05) is 10.8 Å². The van der Waals surface area contributed by atoms with Crippen LogP contribution in [0.2, 0.25) is 0 Å². The van der Waals surface area contributed by atoms with E-state index >= 15 is 0 Å². The number of hydrogen-bond donors (Lipinski definition) is 0. The third kappa shape index (κ3) is 7.21. The van der Waals surface area contributed by atoms with E-state index in [1.807, 2.05) is 0 Å². The van der Waals surface area contributed by atoms with E-state index in [0.717, 1.165) is 4.57 Å². The standard InChI is InChI=1S/C75H48GeN6O/c1-3-23-50(24-4-1)76(51-25-5-2-6-26-51,53-42-45-72-63(47-53)60-33-13-20-41-71(60)83-72)52-27-21-22-49(46-52)73-77-74(61-34-12-19-40-69(61)81-66-37-16-9-30-57(66)58-31-10-17-38-67(58)81)79-75(78-73)82-68-39-18-11-32-59(68)62-48-54(43-44-70(62)82)80-64-35-14-7-28-55(64)56-29-8-15-36-65(56)80/h1-48H/i1D,3D,4D,7D,8D,9D,10D,11D,12D,14D,15D,16D,17D,18D,19D,21D,22D,23D,24D,27D,28D,29D,30D,31D,32D,34D,35D,36D,37D,38D,39D,40D,43D,44D,46D,48D. The van der Waals surface area contributed by atoms with Crippen molar-refractivity contribution in [3.05, 3.63) is 290 Å². The van der Waals surface area contributed by atoms with Crippen molar-refractivity contribution in [3.8, 4) is 40.1 Å². The van der Waals surface area contributed by atoms with Crippen LogP contribution >= 0.6 is 0 Å². The minimum absolute atomic E-state index is 0.101. The summed E-state index contributed by atoms with van der Waals surface area (Å²) in [6.07, 6.45) is 0. The van der Waals surface area contributed by atoms with Crippen molar-refractivity contribution in [1.29, 1.82) is 0 Å². The Kier molecular flexibility index (Phi) is 5.38. The van der Waals surface area contributed by atoms with E-state index in [9.17, 15) is 37.0 Å². The first-order valence-electron chi connectivity index (χ1n) is 43.2. The van der Waals surface area contributed by atoms with E-state index in [2.05, 4.69) is 0 Å². The second-order valence-electron chi connectivity index (χ2n) is 18.8. The van der Waals surface area contributed by atoms with Crippen LogP contribution < -0.4 is 17.6 Å². The van der Waals surface area contributed by atoms with E-state index in [1.165, 1.54) is 36.4 Å². The van der Waals surface area contributed by atoms with Crippen molar-refractivity contribution in [3.63, 3.8) is 0 Å². The Hall–Kier alpha value is -10.6. The number of nitrogens with zero attached hydrogens (tertiary/aromatic N) is 6. The van der Waals surface area contributed by atoms with E-state index < -0.39 is 345 Å². The Morgan fingerprint density at radius 3 is 1.58 bits per heavy atom. The summed E-state index contributed by atoms with van der Waals surface area (Å²) < 4.78 is 351. The second-order valence-corrected chi connectivity index (χ2v) is 26.4. The average molecular weight is 1160 g/mol. The number of furan rings is 1. The fourth-order valence-corrected chi connectivity index (χ4v) is 19.8. The molecule has 7 nitrogen and oxygen atoms in total. The second kappa shape index (κ2) is 18.7. The zero-order chi connectivity index (χ0) is 85.9. The predicted molar refractivity (Wildman–Crippen MR) is 345 cm³/mol. The minimum atomic E-state index is -6.27. The quantitative estimate of drug-likeness (QED) is 0.135. The number of rotatable bonds is 9. The molecule has 0 saturated heterocycles. The van der Waals surface area contributed by atoms with E-state index in [1.54, 1.807) is 36.4 Å². The van der Waals surface area contributed by atoms with Crippen LogP contribution in [-0.4, -0.2) is 41.9 Å². The van der Waals surface area contributed by atoms with Gasteiger partial charge in [-0.25, -0.2) is 0 Å². The van der Waals surface area contributed by atoms with Gasteiger partial charge in [-0.2, -0.15) is 0 Å². The SMILES string of the molecule is [2H]c1c([2H])c([2H])[c]([Ge]([c]2ccccc2)([c]2ccc3oc4ccccc4c3c2)[c]2c([2H])c([2H])c([2H])c(-c3nc(-c4c([2H])c([2H])c([2H])c([2H])c4-n4c5c([2H])c([2H])c([2H])c([2H])c5c5c([2H])c([2H])c([2H])c([2H])c54)nc(-n4c5c([2H])c([2H])c([2H])c([2H])c5c5c([2H])c(-n6c7c([2H])c([2H])c([2H])c([2H])c7c7c([2H])c([2H])c([2H])c([2H])c76)c([2H])c([2H])c54)n3)c2[2H])c([2H])c1[2H]. The van der Waals surface area contributed by atoms with Gasteiger partial charge in [0.15, 0.2) is 0 Å². The molecular formula is C75H48GeN6O. The van der Waals surface area contributed by atoms with Gasteiger partial charge in [-0.15, -0.1) is 0 Å². The molecule has 1 atom stereocenters. The Balaban J connectivity index is 1.11. The molecule has 17 aromatic rings. The summed E-state index contributed by atoms with van der Waals surface area (Å²) >= 11 is -6.27. The number of hydrogen-bond acceptors (Lipinski definition) is 4. The molecule has 0 aliphatic heterocycles. The molecule has 0 aliphatic carbocycles. The molecule has 83 heavy (non-hydrogen) atoms. The van der Waals surface area contributed by atoms with Gasteiger partial charge >= 0.3 is 430 Å². The molecular weight excluding hydrogens is 1070 g/mol. The maximum atomic E-state index is 11.1. The van der Waals surface area contributed by atoms with Crippen LogP contribution in [0.5, 0.6) is 0 Å². The van der Waals surface area contributed by atoms with Crippen LogP contribution in [0.4, 0.5) is 0 Å². The molecule has 5 heterocycles. The van der Waals surface area contributed by atoms with Gasteiger partial charge < -0.3 is 0 Å². The average Bonchev–Trinajstić information content (AvgIpc) is 1.69. The zero-order valence-corrected chi connectivity index (χ0v) is 44.1. The van der Waals surface area contributed by atoms with Crippen LogP contribution in [0, 0.1) is 0 Å². The Labute approximate surface area is 530 Å². The van der Waals surface area contributed by atoms with Gasteiger partial charge in [-0.1, -0.05) is 48.3 Å². The van der Waals surface area contributed by atoms with E-state index in [0.29, 0.717) is 25.5 Å². The summed E-state index contributed by atoms with van der Waals surface area (Å²) in [5.41, 5.74) is -7.80. The summed E-state index contributed by atoms with van der Waals surface area (Å²) in [4.78, 5) is 14.5. The first-order chi connectivity index (χ1) is 56.1. The normalized spacial score (nSPS) is 18.7. The van der Waals surface area contributed by atoms with E-state index in [4.69, 9.17) is 31.7 Å². The molecule has 12 aromatic carbocycles. The van der Waals surface area contributed by atoms with Crippen molar-refractivity contribution in [1.82, 2.24) is 28.7 Å². The van der Waals surface area contributed by atoms with E-state index in [-0.39, 0.29) is 14.4 Å². The van der Waals surface area contributed by atoms with Crippen LogP contribution in [0.15, 0.2) is 295 Å². The first kappa shape index (κ1) is 23.8. The number of aromatic nitrogens is 6. The first-order valence-corrected chi connectivity index (χ1v) is 29.4. The fourth-order valence-electron chi connectivity index (χ4n) is 11.0. The Bertz CT molecular complexity index is 7470. The zero-order valence-electron chi connectivity index (χ0n) is 78.0. The third-order valence-corrected chi connectivity index (χ3v) is 23.7. The Morgan fingerprint density at radius 1 is 0.337 bits per heavy atom.